The van der Waals surface area contributed by atoms with Crippen molar-refractivity contribution in [1.29, 1.82) is 0 Å². The summed E-state index contributed by atoms with van der Waals surface area (Å²) in [5.41, 5.74) is 3.79. The Morgan fingerprint density at radius 2 is 1.01 bits per heavy atom. The molecule has 0 aromatic heterocycles. The van der Waals surface area contributed by atoms with Crippen LogP contribution in [-0.4, -0.2) is 65.5 Å². The van der Waals surface area contributed by atoms with Gasteiger partial charge in [-0.1, -0.05) is 122 Å². The molecule has 9 heteroatoms. The van der Waals surface area contributed by atoms with Crippen LogP contribution in [-0.2, 0) is 27.2 Å². The van der Waals surface area contributed by atoms with Crippen molar-refractivity contribution in [1.82, 2.24) is 5.06 Å². The molecule has 9 aliphatic rings. The SMILES string of the molecule is C.C.C1CCOC1.CCc1ccc(Br)cc1.CCc1ccc(C(=O)[C@H]2CC[C@H]3[C@@H]4CC[C@@H]5C[C@](C)(O)CC[C@]5(C)[C@H]4CC[C@]23C)cc1.CON(C)C(=O)[C@H]1CC[C@H]2[C@@H]3CC[C@@H]4C[C@](C)(O)CC[C@]4(C)[C@H]3CC[C@]12C.[CH2-]CCC.[Li+]. The van der Waals surface area contributed by atoms with E-state index in [2.05, 4.69) is 127 Å². The van der Waals surface area contributed by atoms with Gasteiger partial charge < -0.3 is 21.9 Å². The molecule has 0 unspecified atom stereocenters. The van der Waals surface area contributed by atoms with E-state index in [9.17, 15) is 19.8 Å². The molecule has 1 saturated heterocycles. The van der Waals surface area contributed by atoms with Gasteiger partial charge in [-0.3, -0.25) is 14.4 Å². The van der Waals surface area contributed by atoms with E-state index in [1.807, 2.05) is 6.92 Å². The van der Waals surface area contributed by atoms with Gasteiger partial charge in [0, 0.05) is 42.1 Å². The minimum atomic E-state index is -0.462. The molecule has 0 bridgehead atoms. The van der Waals surface area contributed by atoms with Gasteiger partial charge in [-0.25, -0.2) is 5.06 Å². The molecular weight excluding hydrogens is 1040 g/mol. The Morgan fingerprint density at radius 3 is 1.41 bits per heavy atom. The molecular formula is C70H115BrLiNO6. The molecule has 7 nitrogen and oxygen atoms in total. The predicted octanol–water partition coefficient (Wildman–Crippen LogP) is 15.0. The van der Waals surface area contributed by atoms with Crippen LogP contribution in [0.1, 0.15) is 240 Å². The van der Waals surface area contributed by atoms with E-state index in [-0.39, 0.29) is 62.3 Å². The molecule has 11 rings (SSSR count). The number of ketones is 1. The van der Waals surface area contributed by atoms with E-state index in [0.717, 1.165) is 105 Å². The summed E-state index contributed by atoms with van der Waals surface area (Å²) in [5, 5.41) is 22.8. The fourth-order valence-electron chi connectivity index (χ4n) is 18.3. The first-order valence-corrected chi connectivity index (χ1v) is 31.8. The van der Waals surface area contributed by atoms with Gasteiger partial charge in [-0.15, -0.1) is 0 Å². The molecule has 1 amide bonds. The van der Waals surface area contributed by atoms with E-state index in [0.29, 0.717) is 40.3 Å². The molecule has 8 aliphatic carbocycles. The Labute approximate surface area is 505 Å². The molecule has 8 saturated carbocycles. The minimum Gasteiger partial charge on any atom is -0.390 e. The maximum atomic E-state index is 13.6. The number of halogens is 1. The third-order valence-corrected chi connectivity index (χ3v) is 23.8. The number of ether oxygens (including phenoxy) is 1. The van der Waals surface area contributed by atoms with E-state index in [1.54, 1.807) is 14.2 Å². The second-order valence-electron chi connectivity index (χ2n) is 27.7. The Morgan fingerprint density at radius 1 is 0.608 bits per heavy atom. The first kappa shape index (κ1) is 70.0. The zero-order chi connectivity index (χ0) is 55.3. The van der Waals surface area contributed by atoms with Gasteiger partial charge in [0.15, 0.2) is 5.78 Å². The average Bonchev–Trinajstić information content (AvgIpc) is 4.43. The van der Waals surface area contributed by atoms with Crippen LogP contribution >= 0.6 is 15.9 Å². The number of nitrogens with zero attached hydrogens (tertiary/aromatic N) is 1. The van der Waals surface area contributed by atoms with Crippen molar-refractivity contribution in [3.05, 3.63) is 76.6 Å². The van der Waals surface area contributed by atoms with Crippen molar-refractivity contribution in [3.63, 3.8) is 0 Å². The Balaban J connectivity index is 0.000000253. The van der Waals surface area contributed by atoms with Crippen molar-refractivity contribution >= 4 is 27.6 Å². The number of benzene rings is 2. The monoisotopic (exact) mass is 1150 g/mol. The molecule has 2 N–H and O–H groups in total. The van der Waals surface area contributed by atoms with Gasteiger partial charge in [-0.05, 0) is 247 Å². The Bertz CT molecular complexity index is 2170. The molecule has 2 aromatic rings. The number of hydrogen-bond donors (Lipinski definition) is 2. The van der Waals surface area contributed by atoms with Crippen LogP contribution in [0.2, 0.25) is 0 Å². The number of carbonyl (C=O) groups excluding carboxylic acids is 2. The maximum absolute atomic E-state index is 13.6. The van der Waals surface area contributed by atoms with Crippen molar-refractivity contribution in [2.24, 2.45) is 80.8 Å². The zero-order valence-corrected chi connectivity index (χ0v) is 52.4. The van der Waals surface area contributed by atoms with Gasteiger partial charge in [0.2, 0.25) is 5.91 Å². The number of fused-ring (bicyclic) bond motifs is 10. The van der Waals surface area contributed by atoms with Crippen LogP contribution in [0.3, 0.4) is 0 Å². The molecule has 1 aliphatic heterocycles. The molecule has 1 heterocycles. The average molecular weight is 1150 g/mol. The van der Waals surface area contributed by atoms with Gasteiger partial charge in [0.25, 0.3) is 0 Å². The summed E-state index contributed by atoms with van der Waals surface area (Å²) in [6, 6.07) is 16.8. The Hall–Kier alpha value is -1.50. The van der Waals surface area contributed by atoms with E-state index < -0.39 is 11.2 Å². The largest absolute Gasteiger partial charge is 1.00 e. The number of carbonyl (C=O) groups is 2. The number of hydrogen-bond acceptors (Lipinski definition) is 6. The smallest absolute Gasteiger partial charge is 0.390 e. The molecule has 16 atom stereocenters. The number of amides is 1. The van der Waals surface area contributed by atoms with Crippen LogP contribution in [0.4, 0.5) is 0 Å². The van der Waals surface area contributed by atoms with Gasteiger partial charge in [0.05, 0.1) is 18.3 Å². The summed E-state index contributed by atoms with van der Waals surface area (Å²) in [6.45, 7) is 26.1. The summed E-state index contributed by atoms with van der Waals surface area (Å²) >= 11 is 3.37. The molecule has 9 fully saturated rings. The normalized spacial score (nSPS) is 39.0. The number of hydroxylamine groups is 2. The third kappa shape index (κ3) is 15.3. The zero-order valence-electron chi connectivity index (χ0n) is 50.8. The first-order chi connectivity index (χ1) is 36.0. The van der Waals surface area contributed by atoms with Gasteiger partial charge >= 0.3 is 18.9 Å². The summed E-state index contributed by atoms with van der Waals surface area (Å²) in [5.74, 6) is 6.73. The Kier molecular flexibility index (Phi) is 26.2. The van der Waals surface area contributed by atoms with Gasteiger partial charge in [-0.2, -0.15) is 6.42 Å². The van der Waals surface area contributed by atoms with Crippen molar-refractivity contribution in [2.75, 3.05) is 27.4 Å². The second-order valence-corrected chi connectivity index (χ2v) is 28.6. The first-order valence-electron chi connectivity index (χ1n) is 31.1. The van der Waals surface area contributed by atoms with Crippen LogP contribution in [0.15, 0.2) is 53.0 Å². The van der Waals surface area contributed by atoms with E-state index in [4.69, 9.17) is 9.57 Å². The number of unbranched alkanes of at least 4 members (excludes halogenated alkanes) is 1. The van der Waals surface area contributed by atoms with Crippen LogP contribution in [0.5, 0.6) is 0 Å². The number of aliphatic hydroxyl groups is 2. The molecule has 2 aromatic carbocycles. The molecule has 0 spiro atoms. The quantitative estimate of drug-likeness (QED) is 0.124. The van der Waals surface area contributed by atoms with E-state index >= 15 is 0 Å². The predicted molar refractivity (Wildman–Crippen MR) is 329 cm³/mol. The summed E-state index contributed by atoms with van der Waals surface area (Å²) in [6.07, 6.45) is 27.8. The molecule has 444 valence electrons. The maximum Gasteiger partial charge on any atom is 1.00 e. The molecule has 0 radical (unpaired) electrons. The number of rotatable bonds is 7. The third-order valence-electron chi connectivity index (χ3n) is 23.3. The topological polar surface area (TPSA) is 96.3 Å². The van der Waals surface area contributed by atoms with Crippen LogP contribution in [0, 0.1) is 87.8 Å². The van der Waals surface area contributed by atoms with Crippen molar-refractivity contribution in [2.45, 2.75) is 242 Å². The van der Waals surface area contributed by atoms with Crippen LogP contribution < -0.4 is 18.9 Å². The second kappa shape index (κ2) is 29.5. The van der Waals surface area contributed by atoms with Crippen molar-refractivity contribution < 1.29 is 48.2 Å². The number of aryl methyl sites for hydroxylation is 2. The number of Topliss-reactive ketones (excluding diaryl/α,β-unsaturated/α-hetero) is 1. The summed E-state index contributed by atoms with van der Waals surface area (Å²) in [4.78, 5) is 31.8. The summed E-state index contributed by atoms with van der Waals surface area (Å²) < 4.78 is 6.10. The van der Waals surface area contributed by atoms with E-state index in [1.165, 1.54) is 113 Å². The minimum absolute atomic E-state index is 0. The molecule has 79 heavy (non-hydrogen) atoms. The van der Waals surface area contributed by atoms with Gasteiger partial charge in [0.1, 0.15) is 0 Å². The van der Waals surface area contributed by atoms with Crippen LogP contribution in [0.25, 0.3) is 0 Å². The summed E-state index contributed by atoms with van der Waals surface area (Å²) in [7, 11) is 3.34. The standard InChI is InChI=1S/C29H42O2.C23H39NO3.C8H9Br.C4H8O.C4H9.2CH4.Li/c1-5-19-6-8-20(9-7-19)26(30)25-13-12-23-22-11-10-21-18-27(2,31)16-17-28(21,3)24(22)14-15-29(23,25)4;1-21(26)12-13-22(2)15(14-21)6-7-16-17-8-9-19(20(25)24(4)27-5)23(17,3)11-10-18(16)22;1-2-7-3-5-8(9)6-4-7;1-2-4-5-3-1;1-3-4-2;;;/h6-9,21-25,31H,5,10-18H2,1-4H3;15-19,26H,6-14H2,1-5H3;3-6H,2H2,1H3;1-4H2;1,3-4H2,2H3;2*1H4;/q;;;;-1;;;+1/t21-,22+,23+,24+,25-,27-,28+,29+;15-,16+,17+,18+,19-,21-,22+,23+;;;;;;/m11....../s1. The van der Waals surface area contributed by atoms with Crippen molar-refractivity contribution in [3.8, 4) is 0 Å². The fraction of sp³-hybridized carbons (Fsp3) is 0.786. The fourth-order valence-corrected chi connectivity index (χ4v) is 18.6.